The van der Waals surface area contributed by atoms with Gasteiger partial charge in [-0.2, -0.15) is 4.39 Å². The molecule has 6 heteroatoms. The Balaban J connectivity index is 1.80. The molecule has 1 aliphatic rings. The number of anilines is 1. The molecule has 2 aromatic carbocycles. The lowest BCUT2D eigenvalue weighted by Gasteiger charge is -2.20. The van der Waals surface area contributed by atoms with Crippen molar-refractivity contribution in [3.8, 4) is 17.2 Å². The third kappa shape index (κ3) is 2.69. The minimum atomic E-state index is -1.02. The second kappa shape index (κ2) is 5.47. The lowest BCUT2D eigenvalue weighted by Crippen LogP contribution is -2.16. The van der Waals surface area contributed by atoms with Crippen molar-refractivity contribution in [2.24, 2.45) is 0 Å². The van der Waals surface area contributed by atoms with Gasteiger partial charge in [0.15, 0.2) is 23.1 Å². The third-order valence-electron chi connectivity index (χ3n) is 3.10. The van der Waals surface area contributed by atoms with Gasteiger partial charge in [-0.3, -0.25) is 0 Å². The van der Waals surface area contributed by atoms with E-state index in [0.717, 1.165) is 6.07 Å². The first kappa shape index (κ1) is 13.5. The zero-order valence-corrected chi connectivity index (χ0v) is 11.1. The predicted molar refractivity (Wildman–Crippen MR) is 72.5 cm³/mol. The molecule has 4 nitrogen and oxygen atoms in total. The molecule has 1 aliphatic heterocycles. The lowest BCUT2D eigenvalue weighted by atomic mass is 10.1. The molecule has 0 saturated carbocycles. The van der Waals surface area contributed by atoms with Crippen LogP contribution in [0.3, 0.4) is 0 Å². The summed E-state index contributed by atoms with van der Waals surface area (Å²) in [5, 5.41) is 0. The molecule has 0 aliphatic carbocycles. The van der Waals surface area contributed by atoms with E-state index in [4.69, 9.17) is 19.9 Å². The largest absolute Gasteiger partial charge is 0.486 e. The number of ether oxygens (including phenoxy) is 3. The fraction of sp³-hybridized carbons (Fsp3) is 0.200. The Kier molecular flexibility index (Phi) is 3.51. The van der Waals surface area contributed by atoms with Crippen LogP contribution in [0.1, 0.15) is 5.56 Å². The number of rotatable bonds is 3. The Bertz CT molecular complexity index is 676. The average molecular weight is 293 g/mol. The molecule has 110 valence electrons. The van der Waals surface area contributed by atoms with Crippen molar-refractivity contribution in [3.63, 3.8) is 0 Å². The van der Waals surface area contributed by atoms with E-state index in [1.54, 1.807) is 12.1 Å². The van der Waals surface area contributed by atoms with Crippen LogP contribution in [0.15, 0.2) is 30.3 Å². The molecule has 0 aromatic heterocycles. The average Bonchev–Trinajstić information content (AvgIpc) is 2.49. The van der Waals surface area contributed by atoms with Gasteiger partial charge in [0.1, 0.15) is 19.8 Å². The van der Waals surface area contributed by atoms with E-state index in [0.29, 0.717) is 36.0 Å². The maximum absolute atomic E-state index is 13.5. The van der Waals surface area contributed by atoms with Crippen molar-refractivity contribution in [1.82, 2.24) is 0 Å². The molecular weight excluding hydrogens is 280 g/mol. The fourth-order valence-corrected chi connectivity index (χ4v) is 2.02. The molecule has 0 spiro atoms. The number of nitrogens with two attached hydrogens (primary N) is 1. The van der Waals surface area contributed by atoms with Crippen molar-refractivity contribution in [2.75, 3.05) is 18.9 Å². The van der Waals surface area contributed by atoms with Crippen molar-refractivity contribution in [1.29, 1.82) is 0 Å². The first-order valence-corrected chi connectivity index (χ1v) is 6.40. The van der Waals surface area contributed by atoms with Gasteiger partial charge in [0, 0.05) is 17.3 Å². The second-order valence-electron chi connectivity index (χ2n) is 4.54. The van der Waals surface area contributed by atoms with Gasteiger partial charge >= 0.3 is 0 Å². The molecule has 1 heterocycles. The van der Waals surface area contributed by atoms with Crippen molar-refractivity contribution in [2.45, 2.75) is 6.61 Å². The molecule has 0 radical (unpaired) electrons. The van der Waals surface area contributed by atoms with E-state index in [1.165, 1.54) is 12.1 Å². The zero-order valence-electron chi connectivity index (χ0n) is 11.1. The van der Waals surface area contributed by atoms with Crippen LogP contribution < -0.4 is 19.9 Å². The van der Waals surface area contributed by atoms with Gasteiger partial charge in [-0.15, -0.1) is 0 Å². The first-order valence-electron chi connectivity index (χ1n) is 6.40. The summed E-state index contributed by atoms with van der Waals surface area (Å²) in [4.78, 5) is 0. The van der Waals surface area contributed by atoms with Gasteiger partial charge in [-0.25, -0.2) is 4.39 Å². The van der Waals surface area contributed by atoms with E-state index in [-0.39, 0.29) is 12.4 Å². The number of halogens is 2. The lowest BCUT2D eigenvalue weighted by molar-refractivity contribution is 0.171. The van der Waals surface area contributed by atoms with Crippen molar-refractivity contribution < 1.29 is 23.0 Å². The van der Waals surface area contributed by atoms with E-state index >= 15 is 0 Å². The maximum Gasteiger partial charge on any atom is 0.200 e. The summed E-state index contributed by atoms with van der Waals surface area (Å²) in [7, 11) is 0. The molecule has 0 unspecified atom stereocenters. The molecule has 2 N–H and O–H groups in total. The van der Waals surface area contributed by atoms with Crippen molar-refractivity contribution >= 4 is 5.69 Å². The van der Waals surface area contributed by atoms with Crippen LogP contribution in [0, 0.1) is 11.6 Å². The topological polar surface area (TPSA) is 53.7 Å². The van der Waals surface area contributed by atoms with Crippen LogP contribution in [0.25, 0.3) is 0 Å². The van der Waals surface area contributed by atoms with E-state index in [2.05, 4.69) is 0 Å². The van der Waals surface area contributed by atoms with Gasteiger partial charge in [-0.1, -0.05) is 6.07 Å². The highest BCUT2D eigenvalue weighted by atomic mass is 19.2. The van der Waals surface area contributed by atoms with Crippen LogP contribution in [0.4, 0.5) is 14.5 Å². The summed E-state index contributed by atoms with van der Waals surface area (Å²) in [6.45, 7) is 0.926. The Morgan fingerprint density at radius 1 is 1.10 bits per heavy atom. The minimum absolute atomic E-state index is 0.00282. The first-order chi connectivity index (χ1) is 10.1. The SMILES string of the molecule is Nc1cc2c(cc1COc1cccc(F)c1F)OCCO2. The molecule has 21 heavy (non-hydrogen) atoms. The third-order valence-corrected chi connectivity index (χ3v) is 3.10. The Hall–Kier alpha value is -2.50. The second-order valence-corrected chi connectivity index (χ2v) is 4.54. The smallest absolute Gasteiger partial charge is 0.200 e. The number of hydrogen-bond donors (Lipinski definition) is 1. The van der Waals surface area contributed by atoms with Crippen LogP contribution in [0.2, 0.25) is 0 Å². The van der Waals surface area contributed by atoms with Crippen LogP contribution in [-0.4, -0.2) is 13.2 Å². The van der Waals surface area contributed by atoms with Crippen LogP contribution >= 0.6 is 0 Å². The van der Waals surface area contributed by atoms with Gasteiger partial charge in [0.2, 0.25) is 5.82 Å². The highest BCUT2D eigenvalue weighted by Crippen LogP contribution is 2.35. The number of nitrogen functional groups attached to an aromatic ring is 1. The molecular formula is C15H13F2NO3. The normalized spacial score (nSPS) is 13.0. The fourth-order valence-electron chi connectivity index (χ4n) is 2.02. The monoisotopic (exact) mass is 293 g/mol. The standard InChI is InChI=1S/C15H13F2NO3/c16-10-2-1-3-12(15(10)17)21-8-9-6-13-14(7-11(9)18)20-5-4-19-13/h1-3,6-7H,4-5,8,18H2. The quantitative estimate of drug-likeness (QED) is 0.884. The van der Waals surface area contributed by atoms with Gasteiger partial charge in [-0.05, 0) is 18.2 Å². The Labute approximate surface area is 120 Å². The summed E-state index contributed by atoms with van der Waals surface area (Å²) in [6, 6.07) is 7.07. The summed E-state index contributed by atoms with van der Waals surface area (Å²) in [5.41, 5.74) is 6.95. The molecule has 0 saturated heterocycles. The van der Waals surface area contributed by atoms with Crippen molar-refractivity contribution in [3.05, 3.63) is 47.5 Å². The molecule has 0 amide bonds. The maximum atomic E-state index is 13.5. The minimum Gasteiger partial charge on any atom is -0.486 e. The van der Waals surface area contributed by atoms with Gasteiger partial charge in [0.05, 0.1) is 0 Å². The van der Waals surface area contributed by atoms with Gasteiger partial charge in [0.25, 0.3) is 0 Å². The Morgan fingerprint density at radius 2 is 1.81 bits per heavy atom. The highest BCUT2D eigenvalue weighted by Gasteiger charge is 2.16. The van der Waals surface area contributed by atoms with Gasteiger partial charge < -0.3 is 19.9 Å². The molecule has 0 atom stereocenters. The number of fused-ring (bicyclic) bond motifs is 1. The summed E-state index contributed by atoms with van der Waals surface area (Å²) in [5.74, 6) is -1.01. The summed E-state index contributed by atoms with van der Waals surface area (Å²) < 4.78 is 42.7. The number of benzene rings is 2. The van der Waals surface area contributed by atoms with Crippen LogP contribution in [-0.2, 0) is 6.61 Å². The molecule has 0 fully saturated rings. The Morgan fingerprint density at radius 3 is 2.57 bits per heavy atom. The summed E-state index contributed by atoms with van der Waals surface area (Å²) in [6.07, 6.45) is 0. The summed E-state index contributed by atoms with van der Waals surface area (Å²) >= 11 is 0. The molecule has 0 bridgehead atoms. The molecule has 3 rings (SSSR count). The van der Waals surface area contributed by atoms with E-state index in [9.17, 15) is 8.78 Å². The predicted octanol–water partition coefficient (Wildman–Crippen LogP) is 2.90. The number of hydrogen-bond acceptors (Lipinski definition) is 4. The van der Waals surface area contributed by atoms with E-state index in [1.807, 2.05) is 0 Å². The zero-order chi connectivity index (χ0) is 14.8. The van der Waals surface area contributed by atoms with E-state index < -0.39 is 11.6 Å². The van der Waals surface area contributed by atoms with Crippen LogP contribution in [0.5, 0.6) is 17.2 Å². The molecule has 2 aromatic rings. The highest BCUT2D eigenvalue weighted by molar-refractivity contribution is 5.58.